The highest BCUT2D eigenvalue weighted by molar-refractivity contribution is 5.96. The van der Waals surface area contributed by atoms with Crippen molar-refractivity contribution in [3.63, 3.8) is 0 Å². The predicted molar refractivity (Wildman–Crippen MR) is 198 cm³/mol. The molecule has 1 unspecified atom stereocenters. The lowest BCUT2D eigenvalue weighted by Gasteiger charge is -2.32. The van der Waals surface area contributed by atoms with Gasteiger partial charge in [0, 0.05) is 23.3 Å². The van der Waals surface area contributed by atoms with Crippen molar-refractivity contribution in [1.82, 2.24) is 15.0 Å². The number of benzene rings is 4. The molecule has 3 heteroatoms. The summed E-state index contributed by atoms with van der Waals surface area (Å²) in [6.45, 7) is 11.2. The number of hydrogen-bond donors (Lipinski definition) is 0. The minimum Gasteiger partial charge on any atom is -0.260 e. The van der Waals surface area contributed by atoms with Crippen molar-refractivity contribution in [3.8, 4) is 11.3 Å². The molecule has 7 rings (SSSR count). The van der Waals surface area contributed by atoms with Crippen LogP contribution >= 0.6 is 0 Å². The molecule has 0 radical (unpaired) electrons. The first-order valence-electron chi connectivity index (χ1n) is 16.8. The quantitative estimate of drug-likeness (QED) is 0.169. The predicted octanol–water partition coefficient (Wildman–Crippen LogP) is 10.8. The molecule has 0 aliphatic rings. The van der Waals surface area contributed by atoms with E-state index in [0.29, 0.717) is 5.92 Å². The molecule has 0 spiro atoms. The molecule has 236 valence electrons. The molecule has 0 saturated carbocycles. The molecular formula is C45H41N3. The van der Waals surface area contributed by atoms with Crippen LogP contribution < -0.4 is 0 Å². The van der Waals surface area contributed by atoms with Crippen LogP contribution in [0.4, 0.5) is 0 Å². The van der Waals surface area contributed by atoms with Gasteiger partial charge in [0.2, 0.25) is 0 Å². The van der Waals surface area contributed by atoms with Crippen molar-refractivity contribution in [2.45, 2.75) is 51.4 Å². The van der Waals surface area contributed by atoms with Crippen LogP contribution in [-0.2, 0) is 10.8 Å². The van der Waals surface area contributed by atoms with Crippen LogP contribution in [0.5, 0.6) is 0 Å². The second kappa shape index (κ2) is 12.7. The third-order valence-electron chi connectivity index (χ3n) is 10.0. The normalized spacial score (nSPS) is 14.0. The van der Waals surface area contributed by atoms with Gasteiger partial charge in [-0.3, -0.25) is 15.0 Å². The molecule has 4 aromatic carbocycles. The summed E-state index contributed by atoms with van der Waals surface area (Å²) < 4.78 is 0. The van der Waals surface area contributed by atoms with Gasteiger partial charge in [-0.15, -0.1) is 0 Å². The van der Waals surface area contributed by atoms with Gasteiger partial charge < -0.3 is 0 Å². The average Bonchev–Trinajstić information content (AvgIpc) is 3.14. The lowest BCUT2D eigenvalue weighted by molar-refractivity contribution is 0.643. The van der Waals surface area contributed by atoms with E-state index < -0.39 is 10.8 Å². The molecule has 3 aromatic heterocycles. The van der Waals surface area contributed by atoms with Crippen molar-refractivity contribution in [3.05, 3.63) is 197 Å². The maximum atomic E-state index is 5.62. The Morgan fingerprint density at radius 2 is 1.10 bits per heavy atom. The summed E-state index contributed by atoms with van der Waals surface area (Å²) >= 11 is 0. The van der Waals surface area contributed by atoms with E-state index in [4.69, 9.17) is 15.0 Å². The standard InChI is InChI=1S/C45H41N3/c1-31(2)33-22-23-39-34(28-33)30-42(45(5,37-18-10-7-11-19-37)41-21-13-15-25-47-41)48-43(39)35-26-32(3)27-38(29-35)44(4,36-16-8-6-9-17-36)40-20-12-14-24-46-40/h6-31H,1-5H3/t44?,45-/m1/s1. The van der Waals surface area contributed by atoms with Crippen molar-refractivity contribution in [1.29, 1.82) is 0 Å². The van der Waals surface area contributed by atoms with Gasteiger partial charge in [-0.2, -0.15) is 0 Å². The van der Waals surface area contributed by atoms with E-state index in [0.717, 1.165) is 39.3 Å². The van der Waals surface area contributed by atoms with E-state index in [1.807, 2.05) is 24.5 Å². The fourth-order valence-electron chi connectivity index (χ4n) is 7.07. The van der Waals surface area contributed by atoms with Crippen LogP contribution in [0.2, 0.25) is 0 Å². The maximum Gasteiger partial charge on any atom is 0.0784 e. The van der Waals surface area contributed by atoms with Crippen LogP contribution in [0.25, 0.3) is 22.0 Å². The molecule has 0 saturated heterocycles. The zero-order valence-electron chi connectivity index (χ0n) is 28.4. The van der Waals surface area contributed by atoms with Crippen molar-refractivity contribution < 1.29 is 0 Å². The van der Waals surface area contributed by atoms with E-state index in [1.165, 1.54) is 27.6 Å². The molecule has 0 aliphatic carbocycles. The van der Waals surface area contributed by atoms with Crippen LogP contribution in [0, 0.1) is 6.92 Å². The van der Waals surface area contributed by atoms with Gasteiger partial charge in [0.15, 0.2) is 0 Å². The topological polar surface area (TPSA) is 38.7 Å². The molecule has 0 amide bonds. The molecule has 7 aromatic rings. The summed E-state index contributed by atoms with van der Waals surface area (Å²) in [7, 11) is 0. The lowest BCUT2D eigenvalue weighted by Crippen LogP contribution is -2.28. The molecule has 0 aliphatic heterocycles. The van der Waals surface area contributed by atoms with Crippen LogP contribution in [0.1, 0.15) is 78.5 Å². The molecule has 3 nitrogen and oxygen atoms in total. The van der Waals surface area contributed by atoms with E-state index in [2.05, 4.69) is 162 Å². The summed E-state index contributed by atoms with van der Waals surface area (Å²) in [5, 5.41) is 2.31. The van der Waals surface area contributed by atoms with Crippen molar-refractivity contribution in [2.24, 2.45) is 0 Å². The Bertz CT molecular complexity index is 2090. The fourth-order valence-corrected chi connectivity index (χ4v) is 7.07. The third-order valence-corrected chi connectivity index (χ3v) is 10.0. The monoisotopic (exact) mass is 623 g/mol. The van der Waals surface area contributed by atoms with E-state index in [-0.39, 0.29) is 0 Å². The van der Waals surface area contributed by atoms with E-state index in [1.54, 1.807) is 0 Å². The zero-order valence-corrected chi connectivity index (χ0v) is 28.4. The second-order valence-corrected chi connectivity index (χ2v) is 13.5. The molecular weight excluding hydrogens is 583 g/mol. The number of fused-ring (bicyclic) bond motifs is 1. The summed E-state index contributed by atoms with van der Waals surface area (Å²) in [5.74, 6) is 0.404. The Morgan fingerprint density at radius 3 is 1.69 bits per heavy atom. The fraction of sp³-hybridized carbons (Fsp3) is 0.178. The zero-order chi connectivity index (χ0) is 33.3. The van der Waals surface area contributed by atoms with Crippen LogP contribution in [-0.4, -0.2) is 15.0 Å². The second-order valence-electron chi connectivity index (χ2n) is 13.5. The summed E-state index contributed by atoms with van der Waals surface area (Å²) in [4.78, 5) is 15.4. The number of rotatable bonds is 8. The van der Waals surface area contributed by atoms with E-state index >= 15 is 0 Å². The van der Waals surface area contributed by atoms with Gasteiger partial charge in [0.1, 0.15) is 0 Å². The highest BCUT2D eigenvalue weighted by atomic mass is 14.8. The summed E-state index contributed by atoms with van der Waals surface area (Å²) in [6, 6.07) is 49.7. The molecule has 48 heavy (non-hydrogen) atoms. The van der Waals surface area contributed by atoms with Crippen molar-refractivity contribution in [2.75, 3.05) is 0 Å². The largest absolute Gasteiger partial charge is 0.260 e. The number of aryl methyl sites for hydroxylation is 1. The number of pyridine rings is 3. The minimum atomic E-state index is -0.585. The van der Waals surface area contributed by atoms with Gasteiger partial charge >= 0.3 is 0 Å². The average molecular weight is 624 g/mol. The number of hydrogen-bond acceptors (Lipinski definition) is 3. The Labute approximate surface area is 284 Å². The van der Waals surface area contributed by atoms with Gasteiger partial charge in [-0.05, 0) is 96.8 Å². The highest BCUT2D eigenvalue weighted by Gasteiger charge is 2.36. The SMILES string of the molecule is Cc1cc(-c2nc([C@](C)(c3ccccc3)c3ccccn3)cc3cc(C(C)C)ccc23)cc(C(C)(c2ccccc2)c2ccccn2)c1. The smallest absolute Gasteiger partial charge is 0.0784 e. The molecule has 0 N–H and O–H groups in total. The third kappa shape index (κ3) is 5.50. The Balaban J connectivity index is 1.53. The number of nitrogens with zero attached hydrogens (tertiary/aromatic N) is 3. The van der Waals surface area contributed by atoms with Gasteiger partial charge in [-0.1, -0.05) is 116 Å². The lowest BCUT2D eigenvalue weighted by atomic mass is 9.72. The van der Waals surface area contributed by atoms with Gasteiger partial charge in [0.25, 0.3) is 0 Å². The first kappa shape index (κ1) is 31.2. The molecule has 0 bridgehead atoms. The first-order chi connectivity index (χ1) is 23.3. The number of aromatic nitrogens is 3. The highest BCUT2D eigenvalue weighted by Crippen LogP contribution is 2.43. The molecule has 2 atom stereocenters. The van der Waals surface area contributed by atoms with E-state index in [9.17, 15) is 0 Å². The maximum absolute atomic E-state index is 5.62. The molecule has 3 heterocycles. The minimum absolute atomic E-state index is 0.404. The van der Waals surface area contributed by atoms with Crippen molar-refractivity contribution >= 4 is 10.8 Å². The Morgan fingerprint density at radius 1 is 0.521 bits per heavy atom. The Kier molecular flexibility index (Phi) is 8.23. The van der Waals surface area contributed by atoms with Crippen LogP contribution in [0.15, 0.2) is 152 Å². The van der Waals surface area contributed by atoms with Gasteiger partial charge in [0.05, 0.1) is 33.6 Å². The summed E-state index contributed by atoms with van der Waals surface area (Å²) in [5.41, 5.74) is 9.94. The summed E-state index contributed by atoms with van der Waals surface area (Å²) in [6.07, 6.45) is 3.77. The Hall–Kier alpha value is -5.41. The molecule has 0 fully saturated rings. The first-order valence-corrected chi connectivity index (χ1v) is 16.8. The van der Waals surface area contributed by atoms with Gasteiger partial charge in [-0.25, -0.2) is 0 Å². The van der Waals surface area contributed by atoms with Crippen LogP contribution in [0.3, 0.4) is 0 Å².